The highest BCUT2D eigenvalue weighted by Crippen LogP contribution is 2.37. The Kier molecular flexibility index (Phi) is 5.25. The van der Waals surface area contributed by atoms with Crippen LogP contribution in [0.2, 0.25) is 0 Å². The van der Waals surface area contributed by atoms with E-state index in [0.29, 0.717) is 13.2 Å². The van der Waals surface area contributed by atoms with Crippen molar-refractivity contribution in [3.8, 4) is 6.07 Å². The summed E-state index contributed by atoms with van der Waals surface area (Å²) >= 11 is 6.47. The number of alkyl halides is 1. The van der Waals surface area contributed by atoms with Gasteiger partial charge in [-0.15, -0.1) is 11.6 Å². The Morgan fingerprint density at radius 3 is 2.90 bits per heavy atom. The first kappa shape index (κ1) is 15.6. The highest BCUT2D eigenvalue weighted by Gasteiger charge is 2.45. The van der Waals surface area contributed by atoms with E-state index in [2.05, 4.69) is 16.7 Å². The Labute approximate surface area is 125 Å². The molecule has 1 amide bonds. The van der Waals surface area contributed by atoms with Gasteiger partial charge in [0, 0.05) is 26.1 Å². The van der Waals surface area contributed by atoms with Crippen molar-refractivity contribution >= 4 is 17.5 Å². The lowest BCUT2D eigenvalue weighted by atomic mass is 9.73. The Balaban J connectivity index is 2.10. The van der Waals surface area contributed by atoms with Gasteiger partial charge in [0.1, 0.15) is 0 Å². The lowest BCUT2D eigenvalue weighted by Crippen LogP contribution is -2.61. The molecular formula is C14H22ClN3O2. The van der Waals surface area contributed by atoms with Crippen LogP contribution in [0.25, 0.3) is 0 Å². The first-order valence-corrected chi connectivity index (χ1v) is 7.66. The van der Waals surface area contributed by atoms with Crippen LogP contribution >= 0.6 is 11.6 Å². The number of ether oxygens (including phenoxy) is 1. The molecule has 2 fully saturated rings. The van der Waals surface area contributed by atoms with E-state index in [4.69, 9.17) is 21.6 Å². The molecule has 6 heteroatoms. The zero-order chi connectivity index (χ0) is 14.7. The van der Waals surface area contributed by atoms with Crippen LogP contribution < -0.4 is 10.6 Å². The summed E-state index contributed by atoms with van der Waals surface area (Å²) in [5, 5.41) is 15.4. The Morgan fingerprint density at radius 1 is 1.55 bits per heavy atom. The molecule has 2 N–H and O–H groups in total. The summed E-state index contributed by atoms with van der Waals surface area (Å²) in [6.07, 6.45) is 1.60. The highest BCUT2D eigenvalue weighted by molar-refractivity contribution is 6.21. The van der Waals surface area contributed by atoms with Crippen LogP contribution in [-0.2, 0) is 9.53 Å². The SMILES string of the molecule is CCOC1CC2NCC(C#N)C(Cl)C2CC1NC(C)=O. The standard InChI is InChI=1S/C14H22ClN3O2/c1-3-20-13-5-11-10(4-12(13)18-8(2)19)14(15)9(6-16)7-17-11/h9-14,17H,3-5,7H2,1-2H3,(H,18,19). The number of hydrogen-bond acceptors (Lipinski definition) is 4. The molecule has 0 aromatic heterocycles. The molecule has 5 nitrogen and oxygen atoms in total. The van der Waals surface area contributed by atoms with Gasteiger partial charge in [-0.1, -0.05) is 0 Å². The van der Waals surface area contributed by atoms with Crippen LogP contribution in [0.5, 0.6) is 0 Å². The molecule has 1 aliphatic carbocycles. The average molecular weight is 300 g/mol. The molecule has 0 bridgehead atoms. The fraction of sp³-hybridized carbons (Fsp3) is 0.857. The zero-order valence-electron chi connectivity index (χ0n) is 11.9. The third kappa shape index (κ3) is 3.25. The number of piperidine rings is 1. The van der Waals surface area contributed by atoms with Crippen molar-refractivity contribution in [2.45, 2.75) is 50.3 Å². The number of rotatable bonds is 3. The molecule has 2 aliphatic rings. The van der Waals surface area contributed by atoms with Crippen molar-refractivity contribution < 1.29 is 9.53 Å². The number of amides is 1. The van der Waals surface area contributed by atoms with E-state index in [9.17, 15) is 4.79 Å². The van der Waals surface area contributed by atoms with Crippen molar-refractivity contribution in [3.05, 3.63) is 0 Å². The van der Waals surface area contributed by atoms with E-state index in [1.807, 2.05) is 6.92 Å². The number of nitriles is 1. The average Bonchev–Trinajstić information content (AvgIpc) is 2.40. The van der Waals surface area contributed by atoms with Crippen LogP contribution in [-0.4, -0.2) is 42.6 Å². The molecule has 20 heavy (non-hydrogen) atoms. The second-order valence-corrected chi connectivity index (χ2v) is 6.13. The van der Waals surface area contributed by atoms with E-state index >= 15 is 0 Å². The van der Waals surface area contributed by atoms with Crippen molar-refractivity contribution in [1.29, 1.82) is 5.26 Å². The van der Waals surface area contributed by atoms with Crippen molar-refractivity contribution in [3.63, 3.8) is 0 Å². The number of nitrogens with one attached hydrogen (secondary N) is 2. The molecule has 0 radical (unpaired) electrons. The van der Waals surface area contributed by atoms with Gasteiger partial charge in [-0.05, 0) is 25.7 Å². The summed E-state index contributed by atoms with van der Waals surface area (Å²) in [4.78, 5) is 11.4. The minimum absolute atomic E-state index is 0.0140. The van der Waals surface area contributed by atoms with Gasteiger partial charge in [-0.3, -0.25) is 4.79 Å². The molecule has 0 aromatic rings. The number of carbonyl (C=O) groups is 1. The van der Waals surface area contributed by atoms with E-state index in [-0.39, 0.29) is 41.3 Å². The van der Waals surface area contributed by atoms with Gasteiger partial charge < -0.3 is 15.4 Å². The molecule has 2 rings (SSSR count). The molecule has 1 aliphatic heterocycles. The van der Waals surface area contributed by atoms with Gasteiger partial charge in [-0.2, -0.15) is 5.26 Å². The van der Waals surface area contributed by atoms with Crippen molar-refractivity contribution in [2.75, 3.05) is 13.2 Å². The largest absolute Gasteiger partial charge is 0.376 e. The van der Waals surface area contributed by atoms with Crippen molar-refractivity contribution in [1.82, 2.24) is 10.6 Å². The van der Waals surface area contributed by atoms with E-state index in [1.165, 1.54) is 6.92 Å². The molecule has 0 aromatic carbocycles. The Bertz CT molecular complexity index is 398. The molecule has 0 spiro atoms. The molecule has 112 valence electrons. The topological polar surface area (TPSA) is 74.2 Å². The summed E-state index contributed by atoms with van der Waals surface area (Å²) < 4.78 is 5.77. The van der Waals surface area contributed by atoms with E-state index in [0.717, 1.165) is 12.8 Å². The van der Waals surface area contributed by atoms with Crippen LogP contribution in [0.3, 0.4) is 0 Å². The van der Waals surface area contributed by atoms with Gasteiger partial charge in [-0.25, -0.2) is 0 Å². The zero-order valence-corrected chi connectivity index (χ0v) is 12.7. The first-order chi connectivity index (χ1) is 9.56. The number of hydrogen-bond donors (Lipinski definition) is 2. The normalized spacial score (nSPS) is 40.5. The molecule has 1 saturated heterocycles. The Morgan fingerprint density at radius 2 is 2.30 bits per heavy atom. The predicted molar refractivity (Wildman–Crippen MR) is 76.3 cm³/mol. The minimum atomic E-state index is -0.167. The summed E-state index contributed by atoms with van der Waals surface area (Å²) in [7, 11) is 0. The van der Waals surface area contributed by atoms with Gasteiger partial charge >= 0.3 is 0 Å². The molecule has 1 heterocycles. The second kappa shape index (κ2) is 6.75. The minimum Gasteiger partial charge on any atom is -0.376 e. The summed E-state index contributed by atoms with van der Waals surface area (Å²) in [6.45, 7) is 4.74. The third-order valence-corrected chi connectivity index (χ3v) is 4.93. The van der Waals surface area contributed by atoms with E-state index in [1.54, 1.807) is 0 Å². The van der Waals surface area contributed by atoms with Gasteiger partial charge in [0.05, 0.1) is 29.5 Å². The highest BCUT2D eigenvalue weighted by atomic mass is 35.5. The first-order valence-electron chi connectivity index (χ1n) is 7.22. The predicted octanol–water partition coefficient (Wildman–Crippen LogP) is 1.03. The number of halogens is 1. The quantitative estimate of drug-likeness (QED) is 0.763. The van der Waals surface area contributed by atoms with Gasteiger partial charge in [0.15, 0.2) is 0 Å². The van der Waals surface area contributed by atoms with Crippen LogP contribution in [0.1, 0.15) is 26.7 Å². The van der Waals surface area contributed by atoms with Gasteiger partial charge in [0.2, 0.25) is 5.91 Å². The number of nitrogens with zero attached hydrogens (tertiary/aromatic N) is 1. The fourth-order valence-electron chi connectivity index (χ4n) is 3.40. The molecular weight excluding hydrogens is 278 g/mol. The van der Waals surface area contributed by atoms with Crippen LogP contribution in [0, 0.1) is 23.2 Å². The lowest BCUT2D eigenvalue weighted by molar-refractivity contribution is -0.122. The maximum absolute atomic E-state index is 11.4. The van der Waals surface area contributed by atoms with Crippen LogP contribution in [0.15, 0.2) is 0 Å². The summed E-state index contributed by atoms with van der Waals surface area (Å²) in [6, 6.07) is 2.51. The molecule has 6 unspecified atom stereocenters. The summed E-state index contributed by atoms with van der Waals surface area (Å²) in [5.41, 5.74) is 0. The van der Waals surface area contributed by atoms with E-state index < -0.39 is 0 Å². The third-order valence-electron chi connectivity index (χ3n) is 4.31. The number of carbonyl (C=O) groups excluding carboxylic acids is 1. The second-order valence-electron chi connectivity index (χ2n) is 5.63. The van der Waals surface area contributed by atoms with Gasteiger partial charge in [0.25, 0.3) is 0 Å². The Hall–Kier alpha value is -0.830. The molecule has 1 saturated carbocycles. The smallest absolute Gasteiger partial charge is 0.217 e. The number of fused-ring (bicyclic) bond motifs is 1. The maximum atomic E-state index is 11.4. The molecule has 6 atom stereocenters. The summed E-state index contributed by atoms with van der Waals surface area (Å²) in [5.74, 6) is -0.0203. The van der Waals surface area contributed by atoms with Crippen LogP contribution in [0.4, 0.5) is 0 Å². The lowest BCUT2D eigenvalue weighted by Gasteiger charge is -2.47. The van der Waals surface area contributed by atoms with Crippen molar-refractivity contribution in [2.24, 2.45) is 11.8 Å². The maximum Gasteiger partial charge on any atom is 0.217 e. The fourth-order valence-corrected chi connectivity index (χ4v) is 3.83. The monoisotopic (exact) mass is 299 g/mol.